The first-order valence-corrected chi connectivity index (χ1v) is 8.68. The number of hydrogen-bond donors (Lipinski definition) is 3. The SMILES string of the molecule is Cc1nn(CC(F)F)cc1Nc1ncc(C=N)c(NCc2ccccc2C#N)n1.[HH]. The van der Waals surface area contributed by atoms with E-state index < -0.39 is 13.0 Å². The molecule has 3 aromatic rings. The molecule has 0 aliphatic heterocycles. The van der Waals surface area contributed by atoms with E-state index in [1.807, 2.05) is 12.1 Å². The Hall–Kier alpha value is -3.87. The standard InChI is InChI=1S/C19H18F2N8.H2/c1-12-16(10-29(28-12)11-17(20)21)26-19-25-9-15(7-23)18(27-19)24-8-14-5-3-2-4-13(14)6-22;/h2-5,7,9-10,17,23H,8,11H2,1H3,(H2,24,25,26,27);1H. The molecular weight excluding hydrogens is 378 g/mol. The summed E-state index contributed by atoms with van der Waals surface area (Å²) in [7, 11) is 0. The number of aromatic nitrogens is 4. The van der Waals surface area contributed by atoms with E-state index in [1.165, 1.54) is 12.4 Å². The summed E-state index contributed by atoms with van der Waals surface area (Å²) in [6.45, 7) is 1.53. The number of nitrogens with one attached hydrogen (secondary N) is 3. The van der Waals surface area contributed by atoms with Crippen LogP contribution in [0, 0.1) is 23.7 Å². The van der Waals surface area contributed by atoms with Gasteiger partial charge in [-0.15, -0.1) is 0 Å². The van der Waals surface area contributed by atoms with Crippen molar-refractivity contribution in [2.45, 2.75) is 26.4 Å². The Kier molecular flexibility index (Phi) is 6.09. The van der Waals surface area contributed by atoms with Crippen LogP contribution in [-0.4, -0.2) is 32.4 Å². The maximum absolute atomic E-state index is 12.5. The molecule has 0 spiro atoms. The molecule has 2 heterocycles. The fourth-order valence-electron chi connectivity index (χ4n) is 2.66. The van der Waals surface area contributed by atoms with Gasteiger partial charge < -0.3 is 16.0 Å². The predicted octanol–water partition coefficient (Wildman–Crippen LogP) is 3.72. The Morgan fingerprint density at radius 1 is 1.38 bits per heavy atom. The molecule has 0 saturated heterocycles. The zero-order valence-electron chi connectivity index (χ0n) is 15.5. The molecule has 0 saturated carbocycles. The third-order valence-electron chi connectivity index (χ3n) is 4.07. The molecule has 150 valence electrons. The Morgan fingerprint density at radius 2 is 2.17 bits per heavy atom. The summed E-state index contributed by atoms with van der Waals surface area (Å²) in [5, 5.41) is 26.8. The zero-order chi connectivity index (χ0) is 20.8. The predicted molar refractivity (Wildman–Crippen MR) is 107 cm³/mol. The smallest absolute Gasteiger partial charge is 0.257 e. The van der Waals surface area contributed by atoms with Crippen molar-refractivity contribution in [3.8, 4) is 6.07 Å². The Labute approximate surface area is 167 Å². The van der Waals surface area contributed by atoms with Crippen molar-refractivity contribution in [3.63, 3.8) is 0 Å². The highest BCUT2D eigenvalue weighted by atomic mass is 19.3. The van der Waals surface area contributed by atoms with Gasteiger partial charge in [-0.3, -0.25) is 4.68 Å². The minimum absolute atomic E-state index is 0. The summed E-state index contributed by atoms with van der Waals surface area (Å²) >= 11 is 0. The molecule has 1 aromatic carbocycles. The first-order chi connectivity index (χ1) is 14.0. The molecular formula is C19H20F2N8. The molecule has 2 aromatic heterocycles. The fraction of sp³-hybridized carbons (Fsp3) is 0.211. The molecule has 0 fully saturated rings. The topological polar surface area (TPSA) is 115 Å². The molecule has 10 heteroatoms. The quantitative estimate of drug-likeness (QED) is 0.498. The molecule has 3 rings (SSSR count). The number of alkyl halides is 2. The molecule has 0 bridgehead atoms. The molecule has 0 amide bonds. The first kappa shape index (κ1) is 19.9. The molecule has 3 N–H and O–H groups in total. The number of aryl methyl sites for hydroxylation is 1. The summed E-state index contributed by atoms with van der Waals surface area (Å²) in [5.41, 5.74) is 2.85. The van der Waals surface area contributed by atoms with E-state index in [4.69, 9.17) is 5.41 Å². The van der Waals surface area contributed by atoms with Gasteiger partial charge in [0.15, 0.2) is 0 Å². The van der Waals surface area contributed by atoms with Crippen LogP contribution in [0.4, 0.5) is 26.2 Å². The van der Waals surface area contributed by atoms with Gasteiger partial charge in [0.1, 0.15) is 12.4 Å². The normalized spacial score (nSPS) is 10.6. The van der Waals surface area contributed by atoms with Crippen LogP contribution in [-0.2, 0) is 13.1 Å². The summed E-state index contributed by atoms with van der Waals surface area (Å²) < 4.78 is 26.3. The largest absolute Gasteiger partial charge is 0.365 e. The number of nitriles is 1. The van der Waals surface area contributed by atoms with Crippen LogP contribution in [0.2, 0.25) is 0 Å². The number of nitrogens with zero attached hydrogens (tertiary/aromatic N) is 5. The minimum Gasteiger partial charge on any atom is -0.365 e. The first-order valence-electron chi connectivity index (χ1n) is 8.68. The zero-order valence-corrected chi connectivity index (χ0v) is 15.5. The van der Waals surface area contributed by atoms with Gasteiger partial charge in [0.25, 0.3) is 6.43 Å². The van der Waals surface area contributed by atoms with Crippen molar-refractivity contribution in [1.29, 1.82) is 10.7 Å². The van der Waals surface area contributed by atoms with Crippen LogP contribution in [0.1, 0.15) is 23.8 Å². The van der Waals surface area contributed by atoms with E-state index in [0.29, 0.717) is 34.9 Å². The molecule has 29 heavy (non-hydrogen) atoms. The Balaban J connectivity index is 0.00000320. The van der Waals surface area contributed by atoms with E-state index in [9.17, 15) is 14.0 Å². The average molecular weight is 398 g/mol. The lowest BCUT2D eigenvalue weighted by molar-refractivity contribution is 0.121. The summed E-state index contributed by atoms with van der Waals surface area (Å²) in [6, 6.07) is 9.31. The van der Waals surface area contributed by atoms with Crippen molar-refractivity contribution in [2.24, 2.45) is 0 Å². The lowest BCUT2D eigenvalue weighted by Gasteiger charge is -2.11. The van der Waals surface area contributed by atoms with E-state index in [0.717, 1.165) is 16.5 Å². The van der Waals surface area contributed by atoms with Crippen molar-refractivity contribution in [3.05, 3.63) is 59.0 Å². The molecule has 8 nitrogen and oxygen atoms in total. The average Bonchev–Trinajstić information content (AvgIpc) is 3.04. The van der Waals surface area contributed by atoms with E-state index >= 15 is 0 Å². The summed E-state index contributed by atoms with van der Waals surface area (Å²) in [6.07, 6.45) is 1.55. The van der Waals surface area contributed by atoms with Crippen LogP contribution in [0.5, 0.6) is 0 Å². The van der Waals surface area contributed by atoms with E-state index in [2.05, 4.69) is 31.8 Å². The molecule has 0 aliphatic carbocycles. The third kappa shape index (κ3) is 4.90. The van der Waals surface area contributed by atoms with Crippen LogP contribution < -0.4 is 10.6 Å². The number of hydrogen-bond acceptors (Lipinski definition) is 7. The molecule has 0 radical (unpaired) electrons. The van der Waals surface area contributed by atoms with Gasteiger partial charge in [-0.25, -0.2) is 13.8 Å². The fourth-order valence-corrected chi connectivity index (χ4v) is 2.66. The second-order valence-electron chi connectivity index (χ2n) is 6.13. The molecule has 0 atom stereocenters. The van der Waals surface area contributed by atoms with Crippen LogP contribution in [0.3, 0.4) is 0 Å². The van der Waals surface area contributed by atoms with Crippen LogP contribution in [0.25, 0.3) is 0 Å². The van der Waals surface area contributed by atoms with E-state index in [1.54, 1.807) is 19.1 Å². The molecule has 0 aliphatic rings. The second-order valence-corrected chi connectivity index (χ2v) is 6.13. The number of benzene rings is 1. The van der Waals surface area contributed by atoms with E-state index in [-0.39, 0.29) is 7.37 Å². The Bertz CT molecular complexity index is 1060. The minimum atomic E-state index is -2.50. The third-order valence-corrected chi connectivity index (χ3v) is 4.07. The van der Waals surface area contributed by atoms with Gasteiger partial charge in [0.05, 0.1) is 28.6 Å². The van der Waals surface area contributed by atoms with Gasteiger partial charge in [-0.1, -0.05) is 18.2 Å². The highest BCUT2D eigenvalue weighted by Crippen LogP contribution is 2.20. The number of halogens is 2. The van der Waals surface area contributed by atoms with Gasteiger partial charge in [0.2, 0.25) is 5.95 Å². The van der Waals surface area contributed by atoms with Crippen molar-refractivity contribution in [2.75, 3.05) is 10.6 Å². The number of rotatable bonds is 8. The Morgan fingerprint density at radius 3 is 2.90 bits per heavy atom. The van der Waals surface area contributed by atoms with Gasteiger partial charge >= 0.3 is 0 Å². The van der Waals surface area contributed by atoms with Gasteiger partial charge in [-0.05, 0) is 18.6 Å². The summed E-state index contributed by atoms with van der Waals surface area (Å²) in [4.78, 5) is 8.52. The maximum Gasteiger partial charge on any atom is 0.257 e. The van der Waals surface area contributed by atoms with Gasteiger partial charge in [-0.2, -0.15) is 15.3 Å². The summed E-state index contributed by atoms with van der Waals surface area (Å²) in [5.74, 6) is 0.634. The molecule has 0 unspecified atom stereocenters. The lowest BCUT2D eigenvalue weighted by atomic mass is 10.1. The second kappa shape index (κ2) is 8.88. The van der Waals surface area contributed by atoms with Crippen LogP contribution >= 0.6 is 0 Å². The lowest BCUT2D eigenvalue weighted by Crippen LogP contribution is -2.08. The van der Waals surface area contributed by atoms with Crippen molar-refractivity contribution >= 4 is 23.7 Å². The monoisotopic (exact) mass is 398 g/mol. The van der Waals surface area contributed by atoms with Crippen molar-refractivity contribution in [1.82, 2.24) is 19.7 Å². The highest BCUT2D eigenvalue weighted by molar-refractivity contribution is 5.84. The number of anilines is 3. The highest BCUT2D eigenvalue weighted by Gasteiger charge is 2.12. The van der Waals surface area contributed by atoms with Gasteiger partial charge in [0, 0.05) is 26.6 Å². The van der Waals surface area contributed by atoms with Crippen LogP contribution in [0.15, 0.2) is 36.7 Å². The van der Waals surface area contributed by atoms with Crippen molar-refractivity contribution < 1.29 is 10.2 Å². The maximum atomic E-state index is 12.5.